The smallest absolute Gasteiger partial charge is 0.159 e. The van der Waals surface area contributed by atoms with Gasteiger partial charge in [-0.25, -0.2) is 9.98 Å². The summed E-state index contributed by atoms with van der Waals surface area (Å²) in [6, 6.07) is 52.7. The number of amidine groups is 2. The topological polar surface area (TPSA) is 49.9 Å². The van der Waals surface area contributed by atoms with Gasteiger partial charge in [0.1, 0.15) is 23.2 Å². The zero-order valence-corrected chi connectivity index (χ0v) is 24.3. The number of aliphatic imine (C=N–C) groups is 2. The van der Waals surface area contributed by atoms with E-state index in [0.717, 1.165) is 55.6 Å². The standard InChI is InChI=1S/C41H27N3O/c1-3-11-26(12-4-1)33-23-24-35(37-34-17-9-10-18-36(34)45-38(33)37)41-43-39(28-14-5-2-6-15-28)42-40(44-41)30-21-22-32-29(25-30)20-19-27-13-7-8-16-31(27)32/h1-25,41H,(H,42,43,44). The van der Waals surface area contributed by atoms with Crippen LogP contribution in [0.4, 0.5) is 0 Å². The van der Waals surface area contributed by atoms with Crippen LogP contribution in [0.25, 0.3) is 54.6 Å². The van der Waals surface area contributed by atoms with Crippen LogP contribution in [0.5, 0.6) is 0 Å². The summed E-state index contributed by atoms with van der Waals surface area (Å²) in [6.45, 7) is 0. The van der Waals surface area contributed by atoms with E-state index in [1.165, 1.54) is 21.5 Å². The zero-order valence-electron chi connectivity index (χ0n) is 24.3. The number of para-hydroxylation sites is 1. The predicted molar refractivity (Wildman–Crippen MR) is 186 cm³/mol. The van der Waals surface area contributed by atoms with Gasteiger partial charge in [-0.15, -0.1) is 0 Å². The first-order valence-electron chi connectivity index (χ1n) is 15.2. The fourth-order valence-electron chi connectivity index (χ4n) is 6.56. The molecule has 1 aliphatic rings. The first kappa shape index (κ1) is 25.5. The van der Waals surface area contributed by atoms with Gasteiger partial charge in [0.2, 0.25) is 0 Å². The minimum atomic E-state index is -0.381. The van der Waals surface area contributed by atoms with Crippen molar-refractivity contribution in [2.24, 2.45) is 9.98 Å². The Labute approximate surface area is 260 Å². The molecule has 0 aliphatic carbocycles. The first-order valence-corrected chi connectivity index (χ1v) is 15.2. The van der Waals surface area contributed by atoms with Crippen LogP contribution < -0.4 is 5.32 Å². The maximum Gasteiger partial charge on any atom is 0.159 e. The maximum absolute atomic E-state index is 6.57. The van der Waals surface area contributed by atoms with Crippen LogP contribution in [0, 0.1) is 0 Å². The molecule has 0 amide bonds. The van der Waals surface area contributed by atoms with Gasteiger partial charge >= 0.3 is 0 Å². The SMILES string of the molecule is c1ccc(C2=NC(c3ccc(-c4ccccc4)c4oc5ccccc5c34)NC(c3ccc4c(ccc5ccccc54)c3)=N2)cc1. The Bertz CT molecular complexity index is 2460. The van der Waals surface area contributed by atoms with E-state index in [-0.39, 0.29) is 6.17 Å². The van der Waals surface area contributed by atoms with Gasteiger partial charge in [0.25, 0.3) is 0 Å². The molecule has 1 N–H and O–H groups in total. The van der Waals surface area contributed by atoms with E-state index >= 15 is 0 Å². The number of hydrogen-bond acceptors (Lipinski definition) is 4. The van der Waals surface area contributed by atoms with E-state index in [0.29, 0.717) is 5.84 Å². The molecule has 1 aromatic heterocycles. The van der Waals surface area contributed by atoms with Crippen molar-refractivity contribution in [1.29, 1.82) is 0 Å². The molecule has 0 radical (unpaired) electrons. The van der Waals surface area contributed by atoms with Gasteiger partial charge in [-0.3, -0.25) is 0 Å². The van der Waals surface area contributed by atoms with Crippen molar-refractivity contribution in [3.63, 3.8) is 0 Å². The highest BCUT2D eigenvalue weighted by Crippen LogP contribution is 2.41. The van der Waals surface area contributed by atoms with E-state index in [1.807, 2.05) is 36.4 Å². The van der Waals surface area contributed by atoms with Crippen LogP contribution >= 0.6 is 0 Å². The van der Waals surface area contributed by atoms with Crippen molar-refractivity contribution in [2.75, 3.05) is 0 Å². The lowest BCUT2D eigenvalue weighted by molar-refractivity contribution is 0.663. The van der Waals surface area contributed by atoms with Gasteiger partial charge in [0, 0.05) is 33.0 Å². The number of benzene rings is 7. The molecule has 0 saturated carbocycles. The van der Waals surface area contributed by atoms with E-state index in [2.05, 4.69) is 121 Å². The largest absolute Gasteiger partial charge is 0.455 e. The van der Waals surface area contributed by atoms with Gasteiger partial charge in [-0.1, -0.05) is 140 Å². The molecule has 9 rings (SSSR count). The Morgan fingerprint density at radius 3 is 2.07 bits per heavy atom. The van der Waals surface area contributed by atoms with Crippen LogP contribution in [0.1, 0.15) is 22.9 Å². The van der Waals surface area contributed by atoms with Crippen LogP contribution in [0.2, 0.25) is 0 Å². The molecule has 0 saturated heterocycles. The van der Waals surface area contributed by atoms with Crippen molar-refractivity contribution in [3.05, 3.63) is 168 Å². The van der Waals surface area contributed by atoms with Crippen LogP contribution in [0.15, 0.2) is 166 Å². The lowest BCUT2D eigenvalue weighted by Gasteiger charge is -2.24. The molecule has 0 spiro atoms. The van der Waals surface area contributed by atoms with E-state index < -0.39 is 0 Å². The number of fused-ring (bicyclic) bond motifs is 6. The summed E-state index contributed by atoms with van der Waals surface area (Å²) in [5, 5.41) is 10.7. The molecular formula is C41H27N3O. The molecule has 4 nitrogen and oxygen atoms in total. The lowest BCUT2D eigenvalue weighted by atomic mass is 9.96. The van der Waals surface area contributed by atoms with Crippen molar-refractivity contribution in [2.45, 2.75) is 6.17 Å². The Kier molecular flexibility index (Phi) is 5.85. The highest BCUT2D eigenvalue weighted by atomic mass is 16.3. The summed E-state index contributed by atoms with van der Waals surface area (Å²) in [5.74, 6) is 1.48. The third kappa shape index (κ3) is 4.30. The third-order valence-corrected chi connectivity index (χ3v) is 8.73. The summed E-state index contributed by atoms with van der Waals surface area (Å²) in [4.78, 5) is 10.3. The molecule has 1 unspecified atom stereocenters. The number of nitrogens with zero attached hydrogens (tertiary/aromatic N) is 2. The van der Waals surface area contributed by atoms with Crippen molar-refractivity contribution in [1.82, 2.24) is 5.32 Å². The molecule has 0 bridgehead atoms. The molecule has 1 atom stereocenters. The van der Waals surface area contributed by atoms with E-state index in [1.54, 1.807) is 0 Å². The van der Waals surface area contributed by atoms with Gasteiger partial charge in [0.15, 0.2) is 5.84 Å². The molecule has 0 fully saturated rings. The highest BCUT2D eigenvalue weighted by molar-refractivity contribution is 6.16. The Morgan fingerprint density at radius 2 is 1.22 bits per heavy atom. The van der Waals surface area contributed by atoms with Gasteiger partial charge in [-0.2, -0.15) is 0 Å². The fourth-order valence-corrected chi connectivity index (χ4v) is 6.56. The number of furan rings is 1. The highest BCUT2D eigenvalue weighted by Gasteiger charge is 2.26. The fraction of sp³-hybridized carbons (Fsp3) is 0.0244. The summed E-state index contributed by atoms with van der Waals surface area (Å²) in [7, 11) is 0. The number of hydrogen-bond donors (Lipinski definition) is 1. The molecule has 8 aromatic rings. The van der Waals surface area contributed by atoms with Crippen LogP contribution in [-0.4, -0.2) is 11.7 Å². The summed E-state index contributed by atoms with van der Waals surface area (Å²) in [6.07, 6.45) is -0.381. The lowest BCUT2D eigenvalue weighted by Crippen LogP contribution is -2.33. The van der Waals surface area contributed by atoms with Gasteiger partial charge in [0.05, 0.1) is 0 Å². The van der Waals surface area contributed by atoms with Crippen LogP contribution in [-0.2, 0) is 0 Å². The molecule has 212 valence electrons. The van der Waals surface area contributed by atoms with Gasteiger partial charge < -0.3 is 9.73 Å². The first-order chi connectivity index (χ1) is 22.3. The molecule has 2 heterocycles. The number of nitrogens with one attached hydrogen (secondary N) is 1. The second-order valence-electron chi connectivity index (χ2n) is 11.4. The Morgan fingerprint density at radius 1 is 0.533 bits per heavy atom. The zero-order chi connectivity index (χ0) is 29.7. The monoisotopic (exact) mass is 577 g/mol. The molecule has 1 aliphatic heterocycles. The summed E-state index contributed by atoms with van der Waals surface area (Å²) >= 11 is 0. The molecule has 7 aromatic carbocycles. The molecule has 4 heteroatoms. The number of rotatable bonds is 4. The van der Waals surface area contributed by atoms with E-state index in [9.17, 15) is 0 Å². The summed E-state index contributed by atoms with van der Waals surface area (Å²) in [5.41, 5.74) is 6.93. The van der Waals surface area contributed by atoms with E-state index in [4.69, 9.17) is 14.4 Å². The van der Waals surface area contributed by atoms with Crippen LogP contribution in [0.3, 0.4) is 0 Å². The normalized spacial score (nSPS) is 14.9. The predicted octanol–water partition coefficient (Wildman–Crippen LogP) is 10.1. The maximum atomic E-state index is 6.57. The Balaban J connectivity index is 1.23. The minimum Gasteiger partial charge on any atom is -0.455 e. The Hall–Kier alpha value is -6.00. The minimum absolute atomic E-state index is 0.381. The quantitative estimate of drug-likeness (QED) is 0.212. The van der Waals surface area contributed by atoms with Crippen molar-refractivity contribution >= 4 is 55.2 Å². The van der Waals surface area contributed by atoms with Crippen molar-refractivity contribution in [3.8, 4) is 11.1 Å². The van der Waals surface area contributed by atoms with Crippen molar-refractivity contribution < 1.29 is 4.42 Å². The summed E-state index contributed by atoms with van der Waals surface area (Å²) < 4.78 is 6.57. The third-order valence-electron chi connectivity index (χ3n) is 8.73. The average Bonchev–Trinajstić information content (AvgIpc) is 3.51. The second kappa shape index (κ2) is 10.3. The van der Waals surface area contributed by atoms with Gasteiger partial charge in [-0.05, 0) is 39.2 Å². The molecule has 45 heavy (non-hydrogen) atoms. The molecular weight excluding hydrogens is 550 g/mol. The average molecular weight is 578 g/mol. The second-order valence-corrected chi connectivity index (χ2v) is 11.4.